The van der Waals surface area contributed by atoms with E-state index < -0.39 is 22.7 Å². The molecule has 0 fully saturated rings. The zero-order valence-electron chi connectivity index (χ0n) is 9.25. The van der Waals surface area contributed by atoms with E-state index in [1.807, 2.05) is 0 Å². The van der Waals surface area contributed by atoms with E-state index in [9.17, 15) is 17.4 Å². The normalized spacial score (nSPS) is 13.4. The highest BCUT2D eigenvalue weighted by atomic mass is 32.2. The first-order valence-electron chi connectivity index (χ1n) is 5.06. The Morgan fingerprint density at radius 1 is 1.41 bits per heavy atom. The molecule has 0 aliphatic heterocycles. The number of hydrogen-bond acceptors (Lipinski definition) is 3. The quantitative estimate of drug-likeness (QED) is 0.889. The van der Waals surface area contributed by atoms with E-state index in [4.69, 9.17) is 0 Å². The van der Waals surface area contributed by atoms with Crippen LogP contribution in [0.25, 0.3) is 0 Å². The second-order valence-corrected chi connectivity index (χ2v) is 5.13. The lowest BCUT2D eigenvalue weighted by atomic mass is 10.3. The van der Waals surface area contributed by atoms with Gasteiger partial charge in [-0.3, -0.25) is 4.21 Å². The van der Waals surface area contributed by atoms with Gasteiger partial charge >= 0.3 is 6.18 Å². The van der Waals surface area contributed by atoms with Crippen molar-refractivity contribution in [3.8, 4) is 0 Å². The van der Waals surface area contributed by atoms with E-state index >= 15 is 0 Å². The summed E-state index contributed by atoms with van der Waals surface area (Å²) in [7, 11) is -0.936. The molecule has 17 heavy (non-hydrogen) atoms. The Kier molecular flexibility index (Phi) is 4.92. The van der Waals surface area contributed by atoms with E-state index in [1.165, 1.54) is 12.1 Å². The minimum Gasteiger partial charge on any atom is -0.369 e. The maximum atomic E-state index is 12.3. The summed E-state index contributed by atoms with van der Waals surface area (Å²) in [6.07, 6.45) is -4.44. The Morgan fingerprint density at radius 2 is 2.12 bits per heavy atom. The van der Waals surface area contributed by atoms with Gasteiger partial charge in [0.2, 0.25) is 0 Å². The van der Waals surface area contributed by atoms with Gasteiger partial charge < -0.3 is 5.32 Å². The van der Waals surface area contributed by atoms with Crippen molar-refractivity contribution >= 4 is 16.6 Å². The number of rotatable bonds is 5. The summed E-state index contributed by atoms with van der Waals surface area (Å²) >= 11 is 0. The first-order chi connectivity index (χ1) is 7.93. The van der Waals surface area contributed by atoms with Gasteiger partial charge in [0.25, 0.3) is 0 Å². The molecule has 0 radical (unpaired) electrons. The Balaban J connectivity index is 2.58. The van der Waals surface area contributed by atoms with Crippen LogP contribution < -0.4 is 5.32 Å². The first kappa shape index (κ1) is 14.0. The van der Waals surface area contributed by atoms with Crippen LogP contribution in [-0.2, 0) is 17.0 Å². The summed E-state index contributed by atoms with van der Waals surface area (Å²) in [5.41, 5.74) is -0.931. The molecule has 0 saturated carbocycles. The summed E-state index contributed by atoms with van der Waals surface area (Å²) in [5.74, 6) is 1.08. The van der Waals surface area contributed by atoms with Crippen molar-refractivity contribution in [3.63, 3.8) is 0 Å². The molecule has 1 heterocycles. The van der Waals surface area contributed by atoms with Gasteiger partial charge in [0.15, 0.2) is 0 Å². The maximum Gasteiger partial charge on any atom is 0.433 e. The van der Waals surface area contributed by atoms with Gasteiger partial charge in [-0.1, -0.05) is 13.0 Å². The second-order valence-electron chi connectivity index (χ2n) is 3.27. The minimum atomic E-state index is -4.44. The van der Waals surface area contributed by atoms with Crippen molar-refractivity contribution in [2.75, 3.05) is 23.4 Å². The minimum absolute atomic E-state index is 0.146. The molecule has 0 bridgehead atoms. The third kappa shape index (κ3) is 4.72. The van der Waals surface area contributed by atoms with Crippen molar-refractivity contribution in [2.45, 2.75) is 13.1 Å². The zero-order chi connectivity index (χ0) is 12.9. The van der Waals surface area contributed by atoms with Crippen LogP contribution in [0.15, 0.2) is 18.2 Å². The standard InChI is InChI=1S/C10H13F3N2OS/c1-2-17(16)7-6-14-9-5-3-4-8(15-9)10(11,12)13/h3-5H,2,6-7H2,1H3,(H,14,15). The predicted molar refractivity (Wildman–Crippen MR) is 61.3 cm³/mol. The average molecular weight is 266 g/mol. The highest BCUT2D eigenvalue weighted by molar-refractivity contribution is 7.84. The van der Waals surface area contributed by atoms with Crippen molar-refractivity contribution in [1.29, 1.82) is 0 Å². The molecule has 1 aromatic rings. The van der Waals surface area contributed by atoms with Crippen molar-refractivity contribution in [2.24, 2.45) is 0 Å². The second kappa shape index (κ2) is 6.00. The van der Waals surface area contributed by atoms with Gasteiger partial charge in [-0.25, -0.2) is 4.98 Å². The van der Waals surface area contributed by atoms with E-state index in [0.29, 0.717) is 18.1 Å². The molecule has 3 nitrogen and oxygen atoms in total. The lowest BCUT2D eigenvalue weighted by Gasteiger charge is -2.09. The Bertz CT molecular complexity index is 395. The Hall–Kier alpha value is -1.11. The van der Waals surface area contributed by atoms with Gasteiger partial charge in [0, 0.05) is 28.9 Å². The van der Waals surface area contributed by atoms with Gasteiger partial charge in [-0.15, -0.1) is 0 Å². The SMILES string of the molecule is CCS(=O)CCNc1cccc(C(F)(F)F)n1. The molecular formula is C10H13F3N2OS. The first-order valence-corrected chi connectivity index (χ1v) is 6.55. The van der Waals surface area contributed by atoms with Gasteiger partial charge in [0.1, 0.15) is 11.5 Å². The average Bonchev–Trinajstić information content (AvgIpc) is 2.28. The number of aromatic nitrogens is 1. The summed E-state index contributed by atoms with van der Waals surface area (Å²) < 4.78 is 48.1. The number of hydrogen-bond donors (Lipinski definition) is 1. The number of nitrogens with one attached hydrogen (secondary N) is 1. The molecule has 0 aliphatic rings. The monoisotopic (exact) mass is 266 g/mol. The van der Waals surface area contributed by atoms with Crippen LogP contribution >= 0.6 is 0 Å². The largest absolute Gasteiger partial charge is 0.433 e. The van der Waals surface area contributed by atoms with Crippen LogP contribution in [0.3, 0.4) is 0 Å². The molecule has 1 unspecified atom stereocenters. The molecule has 0 aromatic carbocycles. The number of anilines is 1. The maximum absolute atomic E-state index is 12.3. The Labute approximate surface area is 99.9 Å². The van der Waals surface area contributed by atoms with Crippen LogP contribution in [-0.4, -0.2) is 27.2 Å². The van der Waals surface area contributed by atoms with E-state index in [2.05, 4.69) is 10.3 Å². The highest BCUT2D eigenvalue weighted by Crippen LogP contribution is 2.27. The molecule has 1 atom stereocenters. The topological polar surface area (TPSA) is 42.0 Å². The molecule has 0 amide bonds. The number of alkyl halides is 3. The van der Waals surface area contributed by atoms with Crippen molar-refractivity contribution in [3.05, 3.63) is 23.9 Å². The fraction of sp³-hybridized carbons (Fsp3) is 0.500. The molecule has 1 aromatic heterocycles. The molecular weight excluding hydrogens is 253 g/mol. The van der Waals surface area contributed by atoms with Crippen molar-refractivity contribution in [1.82, 2.24) is 4.98 Å². The molecule has 7 heteroatoms. The third-order valence-electron chi connectivity index (χ3n) is 2.00. The van der Waals surface area contributed by atoms with E-state index in [-0.39, 0.29) is 5.82 Å². The van der Waals surface area contributed by atoms with Crippen LogP contribution in [0.5, 0.6) is 0 Å². The zero-order valence-corrected chi connectivity index (χ0v) is 10.1. The number of nitrogens with zero attached hydrogens (tertiary/aromatic N) is 1. The number of halogens is 3. The molecule has 1 N–H and O–H groups in total. The smallest absolute Gasteiger partial charge is 0.369 e. The third-order valence-corrected chi connectivity index (χ3v) is 3.30. The molecule has 0 saturated heterocycles. The Morgan fingerprint density at radius 3 is 2.71 bits per heavy atom. The summed E-state index contributed by atoms with van der Waals surface area (Å²) in [6.45, 7) is 2.13. The summed E-state index contributed by atoms with van der Waals surface area (Å²) in [5, 5.41) is 2.72. The van der Waals surface area contributed by atoms with Crippen LogP contribution in [0, 0.1) is 0 Å². The molecule has 96 valence electrons. The highest BCUT2D eigenvalue weighted by Gasteiger charge is 2.32. The predicted octanol–water partition coefficient (Wildman–Crippen LogP) is 2.28. The van der Waals surface area contributed by atoms with Gasteiger partial charge in [-0.05, 0) is 12.1 Å². The van der Waals surface area contributed by atoms with E-state index in [1.54, 1.807) is 6.92 Å². The molecule has 1 rings (SSSR count). The lowest BCUT2D eigenvalue weighted by molar-refractivity contribution is -0.141. The summed E-state index contributed by atoms with van der Waals surface area (Å²) in [4.78, 5) is 3.43. The summed E-state index contributed by atoms with van der Waals surface area (Å²) in [6, 6.07) is 3.65. The van der Waals surface area contributed by atoms with E-state index in [0.717, 1.165) is 6.07 Å². The van der Waals surface area contributed by atoms with Crippen LogP contribution in [0.2, 0.25) is 0 Å². The fourth-order valence-corrected chi connectivity index (χ4v) is 1.75. The van der Waals surface area contributed by atoms with Gasteiger partial charge in [-0.2, -0.15) is 13.2 Å². The molecule has 0 aliphatic carbocycles. The molecule has 0 spiro atoms. The van der Waals surface area contributed by atoms with Crippen molar-refractivity contribution < 1.29 is 17.4 Å². The van der Waals surface area contributed by atoms with Crippen LogP contribution in [0.1, 0.15) is 12.6 Å². The fourth-order valence-electron chi connectivity index (χ4n) is 1.13. The van der Waals surface area contributed by atoms with Crippen LogP contribution in [0.4, 0.5) is 19.0 Å². The number of pyridine rings is 1. The van der Waals surface area contributed by atoms with Gasteiger partial charge in [0.05, 0.1) is 0 Å². The lowest BCUT2D eigenvalue weighted by Crippen LogP contribution is -2.14.